The van der Waals surface area contributed by atoms with E-state index in [1.807, 2.05) is 6.07 Å². The first-order chi connectivity index (χ1) is 15.0. The number of ether oxygens (including phenoxy) is 2. The van der Waals surface area contributed by atoms with Crippen molar-refractivity contribution in [2.45, 2.75) is 13.0 Å². The second kappa shape index (κ2) is 8.97. The first-order valence-electron chi connectivity index (χ1n) is 9.33. The number of amides is 1. The molecule has 1 atom stereocenters. The highest BCUT2D eigenvalue weighted by atomic mass is 32.1. The summed E-state index contributed by atoms with van der Waals surface area (Å²) in [6.45, 7) is 1.65. The van der Waals surface area contributed by atoms with Gasteiger partial charge >= 0.3 is 0 Å². The summed E-state index contributed by atoms with van der Waals surface area (Å²) in [5.41, 5.74) is 1.15. The van der Waals surface area contributed by atoms with E-state index in [9.17, 15) is 9.18 Å². The lowest BCUT2D eigenvalue weighted by Crippen LogP contribution is -2.30. The molecule has 4 aromatic rings. The van der Waals surface area contributed by atoms with Crippen LogP contribution in [0.4, 0.5) is 10.1 Å². The van der Waals surface area contributed by atoms with Gasteiger partial charge in [-0.1, -0.05) is 17.3 Å². The SMILES string of the molecule is COc1ccccc1O[C@H](C)C(=O)Nc1ccsc1-c1nc(-c2ccc(F)cc2)no1. The highest BCUT2D eigenvalue weighted by Crippen LogP contribution is 2.34. The van der Waals surface area contributed by atoms with Gasteiger partial charge in [0.05, 0.1) is 12.8 Å². The van der Waals surface area contributed by atoms with Crippen LogP contribution in [0.1, 0.15) is 6.92 Å². The van der Waals surface area contributed by atoms with Gasteiger partial charge in [-0.15, -0.1) is 11.3 Å². The lowest BCUT2D eigenvalue weighted by atomic mass is 10.2. The van der Waals surface area contributed by atoms with Crippen LogP contribution in [0, 0.1) is 5.82 Å². The molecule has 2 aromatic carbocycles. The summed E-state index contributed by atoms with van der Waals surface area (Å²) in [6, 6.07) is 14.6. The smallest absolute Gasteiger partial charge is 0.270 e. The number of hydrogen-bond donors (Lipinski definition) is 1. The number of hydrogen-bond acceptors (Lipinski definition) is 7. The second-order valence-corrected chi connectivity index (χ2v) is 7.41. The number of benzene rings is 2. The Kier molecular flexibility index (Phi) is 5.94. The third-order valence-electron chi connectivity index (χ3n) is 4.39. The van der Waals surface area contributed by atoms with Crippen LogP contribution in [0.2, 0.25) is 0 Å². The Labute approximate surface area is 181 Å². The molecule has 4 rings (SSSR count). The molecule has 31 heavy (non-hydrogen) atoms. The van der Waals surface area contributed by atoms with Crippen molar-refractivity contribution in [3.8, 4) is 33.7 Å². The van der Waals surface area contributed by atoms with E-state index in [0.717, 1.165) is 0 Å². The predicted octanol–water partition coefficient (Wildman–Crippen LogP) is 5.02. The third kappa shape index (κ3) is 4.56. The minimum Gasteiger partial charge on any atom is -0.493 e. The van der Waals surface area contributed by atoms with Gasteiger partial charge in [-0.2, -0.15) is 4.98 Å². The van der Waals surface area contributed by atoms with Gasteiger partial charge < -0.3 is 19.3 Å². The van der Waals surface area contributed by atoms with E-state index in [-0.39, 0.29) is 17.6 Å². The van der Waals surface area contributed by atoms with Crippen LogP contribution < -0.4 is 14.8 Å². The predicted molar refractivity (Wildman–Crippen MR) is 115 cm³/mol. The molecule has 158 valence electrons. The van der Waals surface area contributed by atoms with Crippen LogP contribution in [-0.2, 0) is 4.79 Å². The van der Waals surface area contributed by atoms with Gasteiger partial charge in [-0.3, -0.25) is 4.79 Å². The van der Waals surface area contributed by atoms with E-state index >= 15 is 0 Å². The van der Waals surface area contributed by atoms with Crippen molar-refractivity contribution in [2.24, 2.45) is 0 Å². The molecule has 2 aromatic heterocycles. The maximum Gasteiger partial charge on any atom is 0.270 e. The minimum absolute atomic E-state index is 0.253. The van der Waals surface area contributed by atoms with Crippen LogP contribution in [-0.4, -0.2) is 29.3 Å². The number of thiophene rings is 1. The van der Waals surface area contributed by atoms with Crippen LogP contribution in [0.3, 0.4) is 0 Å². The normalized spacial score (nSPS) is 11.7. The largest absolute Gasteiger partial charge is 0.493 e. The number of aromatic nitrogens is 2. The zero-order valence-electron chi connectivity index (χ0n) is 16.7. The van der Waals surface area contributed by atoms with Crippen molar-refractivity contribution in [3.05, 3.63) is 65.8 Å². The minimum atomic E-state index is -0.776. The van der Waals surface area contributed by atoms with Crippen molar-refractivity contribution in [3.63, 3.8) is 0 Å². The standard InChI is InChI=1S/C22H18FN3O4S/c1-13(29-18-6-4-3-5-17(18)28-2)21(27)24-16-11-12-31-19(16)22-25-20(26-30-22)14-7-9-15(23)10-8-14/h3-13H,1-2H3,(H,24,27)/t13-/m1/s1. The number of nitrogens with one attached hydrogen (secondary N) is 1. The Morgan fingerprint density at radius 3 is 2.61 bits per heavy atom. The molecule has 1 N–H and O–H groups in total. The fraction of sp³-hybridized carbons (Fsp3) is 0.136. The number of para-hydroxylation sites is 2. The average molecular weight is 439 g/mol. The Morgan fingerprint density at radius 2 is 1.87 bits per heavy atom. The number of methoxy groups -OCH3 is 1. The molecule has 2 heterocycles. The van der Waals surface area contributed by atoms with Gasteiger partial charge in [0, 0.05) is 5.56 Å². The van der Waals surface area contributed by atoms with Gasteiger partial charge in [-0.25, -0.2) is 4.39 Å². The van der Waals surface area contributed by atoms with Gasteiger partial charge in [0.15, 0.2) is 17.6 Å². The molecule has 0 aliphatic heterocycles. The maximum absolute atomic E-state index is 13.1. The Balaban J connectivity index is 1.48. The fourth-order valence-electron chi connectivity index (χ4n) is 2.80. The van der Waals surface area contributed by atoms with Crippen LogP contribution >= 0.6 is 11.3 Å². The molecule has 9 heteroatoms. The van der Waals surface area contributed by atoms with Crippen LogP contribution in [0.15, 0.2) is 64.5 Å². The quantitative estimate of drug-likeness (QED) is 0.435. The number of rotatable bonds is 7. The average Bonchev–Trinajstić information content (AvgIpc) is 3.44. The summed E-state index contributed by atoms with van der Waals surface area (Å²) in [5, 5.41) is 8.58. The molecular formula is C22H18FN3O4S. The lowest BCUT2D eigenvalue weighted by molar-refractivity contribution is -0.122. The highest BCUT2D eigenvalue weighted by molar-refractivity contribution is 7.14. The third-order valence-corrected chi connectivity index (χ3v) is 5.29. The number of anilines is 1. The Hall–Kier alpha value is -3.72. The van der Waals surface area contributed by atoms with E-state index in [1.54, 1.807) is 48.7 Å². The van der Waals surface area contributed by atoms with E-state index in [0.29, 0.717) is 33.5 Å². The first kappa shape index (κ1) is 20.5. The number of nitrogens with zero attached hydrogens (tertiary/aromatic N) is 2. The van der Waals surface area contributed by atoms with Crippen molar-refractivity contribution in [1.82, 2.24) is 10.1 Å². The summed E-state index contributed by atoms with van der Waals surface area (Å²) in [7, 11) is 1.54. The highest BCUT2D eigenvalue weighted by Gasteiger charge is 2.21. The summed E-state index contributed by atoms with van der Waals surface area (Å²) in [4.78, 5) is 17.7. The molecular weight excluding hydrogens is 421 g/mol. The van der Waals surface area contributed by atoms with E-state index in [1.165, 1.54) is 30.6 Å². The van der Waals surface area contributed by atoms with Gasteiger partial charge in [0.1, 0.15) is 10.7 Å². The maximum atomic E-state index is 13.1. The molecule has 0 unspecified atom stereocenters. The van der Waals surface area contributed by atoms with Crippen molar-refractivity contribution in [1.29, 1.82) is 0 Å². The molecule has 0 aliphatic carbocycles. The molecule has 0 radical (unpaired) electrons. The first-order valence-corrected chi connectivity index (χ1v) is 10.2. The Morgan fingerprint density at radius 1 is 1.13 bits per heavy atom. The molecule has 7 nitrogen and oxygen atoms in total. The molecule has 0 bridgehead atoms. The summed E-state index contributed by atoms with van der Waals surface area (Å²) in [6.07, 6.45) is -0.776. The molecule has 0 aliphatic rings. The van der Waals surface area contributed by atoms with Gasteiger partial charge in [-0.05, 0) is 54.8 Å². The Bertz CT molecular complexity index is 1190. The monoisotopic (exact) mass is 439 g/mol. The van der Waals surface area contributed by atoms with Gasteiger partial charge in [0.25, 0.3) is 11.8 Å². The summed E-state index contributed by atoms with van der Waals surface area (Å²) in [5.74, 6) is 0.900. The summed E-state index contributed by atoms with van der Waals surface area (Å²) >= 11 is 1.35. The molecule has 1 amide bonds. The molecule has 0 saturated heterocycles. The topological polar surface area (TPSA) is 86.5 Å². The zero-order chi connectivity index (χ0) is 21.8. The zero-order valence-corrected chi connectivity index (χ0v) is 17.5. The summed E-state index contributed by atoms with van der Waals surface area (Å²) < 4.78 is 29.5. The second-order valence-electron chi connectivity index (χ2n) is 6.49. The van der Waals surface area contributed by atoms with Crippen LogP contribution in [0.5, 0.6) is 11.5 Å². The number of halogens is 1. The van der Waals surface area contributed by atoms with Crippen molar-refractivity contribution < 1.29 is 23.2 Å². The van der Waals surface area contributed by atoms with Crippen molar-refractivity contribution in [2.75, 3.05) is 12.4 Å². The van der Waals surface area contributed by atoms with E-state index < -0.39 is 6.10 Å². The van der Waals surface area contributed by atoms with E-state index in [4.69, 9.17) is 14.0 Å². The van der Waals surface area contributed by atoms with Crippen molar-refractivity contribution >= 4 is 22.9 Å². The van der Waals surface area contributed by atoms with Gasteiger partial charge in [0.2, 0.25) is 5.82 Å². The fourth-order valence-corrected chi connectivity index (χ4v) is 3.57. The molecule has 0 spiro atoms. The number of carbonyl (C=O) groups is 1. The number of carbonyl (C=O) groups excluding carboxylic acids is 1. The molecule has 0 fully saturated rings. The van der Waals surface area contributed by atoms with E-state index in [2.05, 4.69) is 15.5 Å². The molecule has 0 saturated carbocycles. The van der Waals surface area contributed by atoms with Crippen LogP contribution in [0.25, 0.3) is 22.2 Å². The lowest BCUT2D eigenvalue weighted by Gasteiger charge is -2.16.